The van der Waals surface area contributed by atoms with Crippen molar-refractivity contribution in [3.05, 3.63) is 0 Å². The lowest BCUT2D eigenvalue weighted by Gasteiger charge is -2.02. The molecule has 0 saturated carbocycles. The van der Waals surface area contributed by atoms with E-state index in [1.54, 1.807) is 0 Å². The lowest BCUT2D eigenvalue weighted by Crippen LogP contribution is -1.99. The van der Waals surface area contributed by atoms with E-state index in [0.29, 0.717) is 0 Å². The molecule has 0 aromatic rings. The highest BCUT2D eigenvalue weighted by Crippen LogP contribution is 2.11. The first-order valence-corrected chi connectivity index (χ1v) is 7.71. The summed E-state index contributed by atoms with van der Waals surface area (Å²) in [6, 6.07) is 0. The fraction of sp³-hybridized carbons (Fsp3) is 0.923. The Labute approximate surface area is 105 Å². The van der Waals surface area contributed by atoms with E-state index in [-0.39, 0.29) is 0 Å². The van der Waals surface area contributed by atoms with Crippen LogP contribution in [0, 0.1) is 0 Å². The van der Waals surface area contributed by atoms with Gasteiger partial charge in [-0.15, -0.1) is 0 Å². The summed E-state index contributed by atoms with van der Waals surface area (Å²) in [5, 5.41) is 0. The number of amides is 1. The molecule has 0 unspecified atom stereocenters. The number of nitrogens with one attached hydrogen (secondary N) is 1. The van der Waals surface area contributed by atoms with Gasteiger partial charge in [0, 0.05) is 5.75 Å². The van der Waals surface area contributed by atoms with Crippen LogP contribution in [0.15, 0.2) is 0 Å². The Kier molecular flexibility index (Phi) is 14.7. The van der Waals surface area contributed by atoms with Crippen molar-refractivity contribution in [3.8, 4) is 0 Å². The molecule has 0 aliphatic heterocycles. The molecule has 0 fully saturated rings. The second kappa shape index (κ2) is 14.8. The summed E-state index contributed by atoms with van der Waals surface area (Å²) in [5.41, 5.74) is 0. The van der Waals surface area contributed by atoms with Gasteiger partial charge in [-0.1, -0.05) is 76.7 Å². The third-order valence-corrected chi connectivity index (χ3v) is 3.49. The minimum absolute atomic E-state index is 0.751. The molecule has 0 aromatic heterocycles. The van der Waals surface area contributed by atoms with Crippen molar-refractivity contribution in [2.24, 2.45) is 0 Å². The predicted molar refractivity (Wildman–Crippen MR) is 73.5 cm³/mol. The molecule has 0 rings (SSSR count). The van der Waals surface area contributed by atoms with Gasteiger partial charge < -0.3 is 4.72 Å². The zero-order chi connectivity index (χ0) is 11.9. The van der Waals surface area contributed by atoms with Crippen LogP contribution in [0.5, 0.6) is 0 Å². The number of rotatable bonds is 13. The Balaban J connectivity index is 2.85. The second-order valence-electron chi connectivity index (χ2n) is 4.27. The largest absolute Gasteiger partial charge is 0.303 e. The molecule has 0 heterocycles. The molecule has 1 N–H and O–H groups in total. The highest BCUT2D eigenvalue weighted by atomic mass is 32.2. The average Bonchev–Trinajstić information content (AvgIpc) is 2.31. The first kappa shape index (κ1) is 15.8. The van der Waals surface area contributed by atoms with Gasteiger partial charge in [0.05, 0.1) is 0 Å². The van der Waals surface area contributed by atoms with Crippen LogP contribution < -0.4 is 4.72 Å². The summed E-state index contributed by atoms with van der Waals surface area (Å²) in [5.74, 6) is 1.05. The third kappa shape index (κ3) is 13.8. The number of unbranched alkanes of at least 4 members (excludes halogenated alkanes) is 9. The van der Waals surface area contributed by atoms with Crippen LogP contribution in [0.4, 0.5) is 0 Å². The van der Waals surface area contributed by atoms with Crippen molar-refractivity contribution in [1.82, 2.24) is 4.72 Å². The molecule has 16 heavy (non-hydrogen) atoms. The standard InChI is InChI=1S/C13H27NOS/c1-2-3-4-5-6-7-8-9-10-11-12-16-14-13-15/h13H,2-12H2,1H3,(H,14,15). The normalized spacial score (nSPS) is 10.3. The third-order valence-electron chi connectivity index (χ3n) is 2.73. The minimum Gasteiger partial charge on any atom is -0.303 e. The van der Waals surface area contributed by atoms with Crippen LogP contribution >= 0.6 is 11.9 Å². The van der Waals surface area contributed by atoms with E-state index < -0.39 is 0 Å². The number of carbonyl (C=O) groups is 1. The van der Waals surface area contributed by atoms with Gasteiger partial charge in [0.1, 0.15) is 0 Å². The Morgan fingerprint density at radius 1 is 0.875 bits per heavy atom. The van der Waals surface area contributed by atoms with Gasteiger partial charge in [-0.05, 0) is 6.42 Å². The number of hydrogen-bond donors (Lipinski definition) is 1. The summed E-state index contributed by atoms with van der Waals surface area (Å²) < 4.78 is 2.62. The highest BCUT2D eigenvalue weighted by molar-refractivity contribution is 7.97. The molecular formula is C13H27NOS. The topological polar surface area (TPSA) is 29.1 Å². The van der Waals surface area contributed by atoms with Crippen molar-refractivity contribution >= 4 is 18.4 Å². The minimum atomic E-state index is 0.751. The summed E-state index contributed by atoms with van der Waals surface area (Å²) in [7, 11) is 0. The van der Waals surface area contributed by atoms with E-state index in [9.17, 15) is 4.79 Å². The monoisotopic (exact) mass is 245 g/mol. The quantitative estimate of drug-likeness (QED) is 0.298. The van der Waals surface area contributed by atoms with E-state index in [4.69, 9.17) is 0 Å². The summed E-state index contributed by atoms with van der Waals surface area (Å²) >= 11 is 1.51. The molecule has 0 bridgehead atoms. The fourth-order valence-electron chi connectivity index (χ4n) is 1.75. The molecule has 1 amide bonds. The SMILES string of the molecule is CCCCCCCCCCCCSNC=O. The van der Waals surface area contributed by atoms with Crippen LogP contribution in [-0.2, 0) is 4.79 Å². The van der Waals surface area contributed by atoms with Crippen LogP contribution in [0.3, 0.4) is 0 Å². The lowest BCUT2D eigenvalue weighted by molar-refractivity contribution is -0.107. The van der Waals surface area contributed by atoms with Gasteiger partial charge in [0.25, 0.3) is 0 Å². The summed E-state index contributed by atoms with van der Waals surface area (Å²) in [4.78, 5) is 9.96. The van der Waals surface area contributed by atoms with E-state index in [1.807, 2.05) is 0 Å². The molecule has 0 atom stereocenters. The van der Waals surface area contributed by atoms with Crippen LogP contribution in [0.25, 0.3) is 0 Å². The van der Waals surface area contributed by atoms with E-state index in [0.717, 1.165) is 12.2 Å². The smallest absolute Gasteiger partial charge is 0.216 e. The predicted octanol–water partition coefficient (Wildman–Crippen LogP) is 4.30. The Morgan fingerprint density at radius 2 is 1.38 bits per heavy atom. The van der Waals surface area contributed by atoms with Crippen molar-refractivity contribution in [1.29, 1.82) is 0 Å². The van der Waals surface area contributed by atoms with Crippen LogP contribution in [-0.4, -0.2) is 12.2 Å². The summed E-state index contributed by atoms with van der Waals surface area (Å²) in [6.45, 7) is 2.26. The van der Waals surface area contributed by atoms with Crippen molar-refractivity contribution in [3.63, 3.8) is 0 Å². The van der Waals surface area contributed by atoms with Crippen molar-refractivity contribution in [2.45, 2.75) is 71.1 Å². The van der Waals surface area contributed by atoms with E-state index in [2.05, 4.69) is 11.6 Å². The highest BCUT2D eigenvalue weighted by Gasteiger charge is 1.92. The van der Waals surface area contributed by atoms with Crippen molar-refractivity contribution in [2.75, 3.05) is 5.75 Å². The molecule has 0 radical (unpaired) electrons. The van der Waals surface area contributed by atoms with Gasteiger partial charge in [-0.25, -0.2) is 0 Å². The van der Waals surface area contributed by atoms with Crippen LogP contribution in [0.2, 0.25) is 0 Å². The van der Waals surface area contributed by atoms with Gasteiger partial charge in [-0.2, -0.15) is 0 Å². The van der Waals surface area contributed by atoms with Gasteiger partial charge in [0.15, 0.2) is 0 Å². The zero-order valence-corrected chi connectivity index (χ0v) is 11.5. The van der Waals surface area contributed by atoms with Gasteiger partial charge in [-0.3, -0.25) is 4.79 Å². The fourth-order valence-corrected chi connectivity index (χ4v) is 2.29. The Hall–Kier alpha value is -0.180. The molecule has 96 valence electrons. The molecule has 0 spiro atoms. The molecular weight excluding hydrogens is 218 g/mol. The first-order valence-electron chi connectivity index (χ1n) is 6.72. The van der Waals surface area contributed by atoms with Gasteiger partial charge >= 0.3 is 0 Å². The molecule has 3 heteroatoms. The molecule has 2 nitrogen and oxygen atoms in total. The Bertz CT molecular complexity index is 142. The molecule has 0 aromatic carbocycles. The first-order chi connectivity index (χ1) is 7.91. The molecule has 0 aliphatic rings. The second-order valence-corrected chi connectivity index (χ2v) is 5.20. The Morgan fingerprint density at radius 3 is 1.88 bits per heavy atom. The molecule has 0 saturated heterocycles. The number of hydrogen-bond acceptors (Lipinski definition) is 2. The maximum atomic E-state index is 9.96. The summed E-state index contributed by atoms with van der Waals surface area (Å²) in [6.07, 6.45) is 14.4. The van der Waals surface area contributed by atoms with Gasteiger partial charge in [0.2, 0.25) is 6.41 Å². The van der Waals surface area contributed by atoms with Crippen LogP contribution in [0.1, 0.15) is 71.1 Å². The maximum Gasteiger partial charge on any atom is 0.216 e. The molecule has 0 aliphatic carbocycles. The van der Waals surface area contributed by atoms with E-state index >= 15 is 0 Å². The maximum absolute atomic E-state index is 9.96. The van der Waals surface area contributed by atoms with E-state index in [1.165, 1.54) is 76.2 Å². The lowest BCUT2D eigenvalue weighted by atomic mass is 10.1. The van der Waals surface area contributed by atoms with Crippen molar-refractivity contribution < 1.29 is 4.79 Å². The number of carbonyl (C=O) groups excluding carboxylic acids is 1. The average molecular weight is 245 g/mol. The zero-order valence-electron chi connectivity index (χ0n) is 10.7.